The van der Waals surface area contributed by atoms with Crippen molar-refractivity contribution >= 4 is 7.60 Å². The molecule has 0 aliphatic carbocycles. The maximum atomic E-state index is 14.4. The number of nitrogens with two attached hydrogens (primary N) is 1. The first-order valence-corrected chi connectivity index (χ1v) is 12.0. The highest BCUT2D eigenvalue weighted by atomic mass is 31.2. The van der Waals surface area contributed by atoms with E-state index in [2.05, 4.69) is 0 Å². The molecular weight excluding hydrogens is 424 g/mol. The summed E-state index contributed by atoms with van der Waals surface area (Å²) in [7, 11) is -3.83. The van der Waals surface area contributed by atoms with E-state index in [0.29, 0.717) is 23.6 Å². The van der Waals surface area contributed by atoms with Crippen LogP contribution in [0.2, 0.25) is 0 Å². The Hall–Kier alpha value is -3.40. The van der Waals surface area contributed by atoms with E-state index in [1.807, 2.05) is 72.0 Å². The summed E-state index contributed by atoms with van der Waals surface area (Å²) in [4.78, 5) is 0. The molecule has 4 rings (SSSR count). The zero-order valence-corrected chi connectivity index (χ0v) is 18.3. The van der Waals surface area contributed by atoms with Gasteiger partial charge in [-0.25, -0.2) is 8.96 Å². The number of hydrogen-bond donors (Lipinski definition) is 1. The molecule has 1 atom stereocenters. The molecule has 162 valence electrons. The van der Waals surface area contributed by atoms with E-state index in [9.17, 15) is 8.96 Å². The highest BCUT2D eigenvalue weighted by Gasteiger charge is 2.44. The van der Waals surface area contributed by atoms with Crippen molar-refractivity contribution in [2.24, 2.45) is 0 Å². The molecule has 0 heterocycles. The highest BCUT2D eigenvalue weighted by Crippen LogP contribution is 2.57. The van der Waals surface area contributed by atoms with Crippen LogP contribution in [-0.4, -0.2) is 0 Å². The molecule has 4 aromatic rings. The highest BCUT2D eigenvalue weighted by molar-refractivity contribution is 7.54. The van der Waals surface area contributed by atoms with Gasteiger partial charge >= 0.3 is 7.60 Å². The van der Waals surface area contributed by atoms with Crippen molar-refractivity contribution in [1.29, 1.82) is 0 Å². The predicted molar refractivity (Wildman–Crippen MR) is 123 cm³/mol. The molecule has 2 N–H and O–H groups in total. The van der Waals surface area contributed by atoms with E-state index < -0.39 is 13.4 Å². The molecule has 32 heavy (non-hydrogen) atoms. The number of para-hydroxylation sites is 2. The number of hydrogen-bond acceptors (Lipinski definition) is 3. The summed E-state index contributed by atoms with van der Waals surface area (Å²) in [6, 6.07) is 33.7. The lowest BCUT2D eigenvalue weighted by molar-refractivity contribution is -0.693. The van der Waals surface area contributed by atoms with Gasteiger partial charge in [0, 0.05) is 11.1 Å². The van der Waals surface area contributed by atoms with Crippen LogP contribution >= 0.6 is 7.60 Å². The van der Waals surface area contributed by atoms with Crippen LogP contribution in [0, 0.1) is 5.82 Å². The van der Waals surface area contributed by atoms with E-state index in [4.69, 9.17) is 9.05 Å². The van der Waals surface area contributed by atoms with Crippen LogP contribution in [0.4, 0.5) is 4.39 Å². The molecular formula is C26H24FNO3P+. The largest absolute Gasteiger partial charge is 0.492 e. The smallest absolute Gasteiger partial charge is 0.412 e. The number of halogens is 1. The minimum Gasteiger partial charge on any atom is -0.412 e. The topological polar surface area (TPSA) is 52.1 Å². The van der Waals surface area contributed by atoms with Gasteiger partial charge in [0.15, 0.2) is 0 Å². The Morgan fingerprint density at radius 3 is 1.66 bits per heavy atom. The van der Waals surface area contributed by atoms with E-state index in [0.717, 1.165) is 5.56 Å². The third-order valence-corrected chi connectivity index (χ3v) is 7.04. The van der Waals surface area contributed by atoms with Gasteiger partial charge in [0.1, 0.15) is 23.9 Å². The van der Waals surface area contributed by atoms with Crippen LogP contribution in [0.5, 0.6) is 11.5 Å². The molecule has 0 saturated carbocycles. The van der Waals surface area contributed by atoms with Gasteiger partial charge in [-0.2, -0.15) is 0 Å². The van der Waals surface area contributed by atoms with Gasteiger partial charge in [0.05, 0.1) is 0 Å². The van der Waals surface area contributed by atoms with Gasteiger partial charge < -0.3 is 14.4 Å². The predicted octanol–water partition coefficient (Wildman–Crippen LogP) is 5.94. The number of benzene rings is 4. The van der Waals surface area contributed by atoms with Crippen molar-refractivity contribution in [1.82, 2.24) is 0 Å². The number of rotatable bonds is 9. The maximum Gasteiger partial charge on any atom is 0.492 e. The SMILES string of the molecule is O=P(Oc1ccccc1)(Oc1ccccc1)[C@H]([NH2+]Cc1ccccc1)c1ccc(F)cc1. The summed E-state index contributed by atoms with van der Waals surface area (Å²) in [5.74, 6) is -0.207. The average Bonchev–Trinajstić information content (AvgIpc) is 2.82. The van der Waals surface area contributed by atoms with Gasteiger partial charge in [-0.05, 0) is 48.5 Å². The molecule has 0 spiro atoms. The lowest BCUT2D eigenvalue weighted by atomic mass is 10.2. The quantitative estimate of drug-likeness (QED) is 0.323. The van der Waals surface area contributed by atoms with Crippen LogP contribution in [0.1, 0.15) is 16.9 Å². The molecule has 0 fully saturated rings. The minimum atomic E-state index is -3.83. The third-order valence-electron chi connectivity index (χ3n) is 4.92. The van der Waals surface area contributed by atoms with Crippen molar-refractivity contribution < 1.29 is 23.3 Å². The van der Waals surface area contributed by atoms with Crippen LogP contribution in [0.3, 0.4) is 0 Å². The normalized spacial score (nSPS) is 12.2. The second kappa shape index (κ2) is 10.3. The molecule has 0 bridgehead atoms. The first-order chi connectivity index (χ1) is 15.6. The standard InChI is InChI=1S/C26H23FNO3P/c27-23-18-16-22(17-19-23)26(28-20-21-10-4-1-5-11-21)32(29,30-24-12-6-2-7-13-24)31-25-14-8-3-9-15-25/h1-19,26,28H,20H2/p+1/t26-/m0/s1. The van der Waals surface area contributed by atoms with Crippen molar-refractivity contribution in [2.45, 2.75) is 12.3 Å². The Balaban J connectivity index is 1.73. The molecule has 4 nitrogen and oxygen atoms in total. The van der Waals surface area contributed by atoms with Gasteiger partial charge in [-0.1, -0.05) is 66.7 Å². The van der Waals surface area contributed by atoms with Crippen LogP contribution < -0.4 is 14.4 Å². The molecule has 0 aliphatic rings. The Bertz CT molecular complexity index is 1110. The molecule has 4 aromatic carbocycles. The Labute approximate surface area is 187 Å². The van der Waals surface area contributed by atoms with Crippen LogP contribution in [0.15, 0.2) is 115 Å². The van der Waals surface area contributed by atoms with Crippen molar-refractivity contribution in [2.75, 3.05) is 0 Å². The van der Waals surface area contributed by atoms with Gasteiger partial charge in [-0.15, -0.1) is 0 Å². The fourth-order valence-electron chi connectivity index (χ4n) is 3.36. The fourth-order valence-corrected chi connectivity index (χ4v) is 5.35. The molecule has 0 aromatic heterocycles. The maximum absolute atomic E-state index is 14.4. The van der Waals surface area contributed by atoms with E-state index in [1.165, 1.54) is 12.1 Å². The zero-order chi connectivity index (χ0) is 22.2. The Morgan fingerprint density at radius 1 is 0.688 bits per heavy atom. The summed E-state index contributed by atoms with van der Waals surface area (Å²) >= 11 is 0. The van der Waals surface area contributed by atoms with Crippen LogP contribution in [-0.2, 0) is 11.1 Å². The Kier molecular flexibility index (Phi) is 7.00. The summed E-state index contributed by atoms with van der Waals surface area (Å²) < 4.78 is 40.1. The molecule has 0 saturated heterocycles. The minimum absolute atomic E-state index is 0.363. The lowest BCUT2D eigenvalue weighted by Gasteiger charge is -2.26. The Morgan fingerprint density at radius 2 is 1.16 bits per heavy atom. The second-order valence-corrected chi connectivity index (χ2v) is 9.27. The third kappa shape index (κ3) is 5.64. The first-order valence-electron chi connectivity index (χ1n) is 10.3. The van der Waals surface area contributed by atoms with Crippen molar-refractivity contribution in [3.63, 3.8) is 0 Å². The van der Waals surface area contributed by atoms with E-state index in [-0.39, 0.29) is 5.82 Å². The summed E-state index contributed by atoms with van der Waals surface area (Å²) in [5.41, 5.74) is 1.71. The first kappa shape index (κ1) is 21.8. The van der Waals surface area contributed by atoms with Crippen molar-refractivity contribution in [3.8, 4) is 11.5 Å². The monoisotopic (exact) mass is 448 g/mol. The summed E-state index contributed by atoms with van der Waals surface area (Å²) in [6.45, 7) is 0.545. The molecule has 0 aliphatic heterocycles. The lowest BCUT2D eigenvalue weighted by Crippen LogP contribution is -2.83. The molecule has 0 radical (unpaired) electrons. The van der Waals surface area contributed by atoms with E-state index in [1.54, 1.807) is 36.4 Å². The van der Waals surface area contributed by atoms with Gasteiger partial charge in [-0.3, -0.25) is 0 Å². The number of quaternary nitrogens is 1. The average molecular weight is 448 g/mol. The zero-order valence-electron chi connectivity index (χ0n) is 17.4. The molecule has 0 unspecified atom stereocenters. The molecule has 0 amide bonds. The van der Waals surface area contributed by atoms with E-state index >= 15 is 0 Å². The summed E-state index contributed by atoms with van der Waals surface area (Å²) in [6.07, 6.45) is 0. The van der Waals surface area contributed by atoms with Gasteiger partial charge in [0.25, 0.3) is 0 Å². The summed E-state index contributed by atoms with van der Waals surface area (Å²) in [5, 5.41) is 1.91. The van der Waals surface area contributed by atoms with Gasteiger partial charge in [0.2, 0.25) is 5.78 Å². The van der Waals surface area contributed by atoms with Crippen LogP contribution in [0.25, 0.3) is 0 Å². The van der Waals surface area contributed by atoms with Crippen molar-refractivity contribution in [3.05, 3.63) is 132 Å². The molecule has 6 heteroatoms. The fraction of sp³-hybridized carbons (Fsp3) is 0.0769. The second-order valence-electron chi connectivity index (χ2n) is 7.27.